The molecule has 1 heterocycles. The van der Waals surface area contributed by atoms with E-state index in [0.29, 0.717) is 0 Å². The summed E-state index contributed by atoms with van der Waals surface area (Å²) in [6, 6.07) is 57.5. The second kappa shape index (κ2) is 10.7. The zero-order valence-electron chi connectivity index (χ0n) is 28.4. The number of para-hydroxylation sites is 3. The first kappa shape index (κ1) is 28.9. The summed E-state index contributed by atoms with van der Waals surface area (Å²) >= 11 is 0. The molecule has 9 aromatic rings. The van der Waals surface area contributed by atoms with E-state index in [1.165, 1.54) is 60.5 Å². The van der Waals surface area contributed by atoms with E-state index in [-0.39, 0.29) is 5.41 Å². The quantitative estimate of drug-likeness (QED) is 0.190. The van der Waals surface area contributed by atoms with Crippen molar-refractivity contribution in [2.45, 2.75) is 26.2 Å². The van der Waals surface area contributed by atoms with Gasteiger partial charge in [-0.1, -0.05) is 118 Å². The van der Waals surface area contributed by atoms with Crippen LogP contribution in [0.5, 0.6) is 0 Å². The molecule has 0 unspecified atom stereocenters. The average molecular weight is 642 g/mol. The summed E-state index contributed by atoms with van der Waals surface area (Å²) in [6.07, 6.45) is 0. The zero-order chi connectivity index (χ0) is 33.6. The largest absolute Gasteiger partial charge is 0.454 e. The maximum atomic E-state index is 6.87. The summed E-state index contributed by atoms with van der Waals surface area (Å²) in [5, 5.41) is 7.29. The Morgan fingerprint density at radius 2 is 1.00 bits per heavy atom. The third-order valence-corrected chi connectivity index (χ3v) is 10.4. The summed E-state index contributed by atoms with van der Waals surface area (Å²) in [4.78, 5) is 2.34. The van der Waals surface area contributed by atoms with E-state index in [4.69, 9.17) is 4.42 Å². The molecule has 0 saturated carbocycles. The van der Waals surface area contributed by atoms with Crippen molar-refractivity contribution in [3.05, 3.63) is 163 Å². The number of hydrogen-bond donors (Lipinski definition) is 0. The Bertz CT molecular complexity index is 2780. The lowest BCUT2D eigenvalue weighted by atomic mass is 9.77. The second-order valence-corrected chi connectivity index (χ2v) is 14.6. The molecule has 0 N–H and O–H groups in total. The van der Waals surface area contributed by atoms with Gasteiger partial charge in [0.1, 0.15) is 5.58 Å². The van der Waals surface area contributed by atoms with E-state index >= 15 is 0 Å². The topological polar surface area (TPSA) is 16.4 Å². The van der Waals surface area contributed by atoms with Crippen molar-refractivity contribution >= 4 is 60.5 Å². The van der Waals surface area contributed by atoms with Crippen molar-refractivity contribution in [1.82, 2.24) is 0 Å². The van der Waals surface area contributed by atoms with Gasteiger partial charge in [0.05, 0.1) is 5.69 Å². The average Bonchev–Trinajstić information content (AvgIpc) is 3.53. The lowest BCUT2D eigenvalue weighted by Crippen LogP contribution is -2.11. The Kier molecular flexibility index (Phi) is 6.17. The molecule has 8 aromatic carbocycles. The number of benzene rings is 8. The molecule has 0 radical (unpaired) electrons. The van der Waals surface area contributed by atoms with Crippen molar-refractivity contribution < 1.29 is 4.42 Å². The first-order valence-electron chi connectivity index (χ1n) is 17.4. The highest BCUT2D eigenvalue weighted by Gasteiger charge is 2.26. The van der Waals surface area contributed by atoms with Gasteiger partial charge in [-0.25, -0.2) is 0 Å². The van der Waals surface area contributed by atoms with Gasteiger partial charge in [0.15, 0.2) is 5.58 Å². The third kappa shape index (κ3) is 4.42. The number of fused-ring (bicyclic) bond motifs is 9. The molecule has 0 bridgehead atoms. The molecule has 1 aliphatic rings. The molecule has 2 heteroatoms. The fourth-order valence-corrected chi connectivity index (χ4v) is 7.94. The molecule has 10 rings (SSSR count). The third-order valence-electron chi connectivity index (χ3n) is 10.4. The van der Waals surface area contributed by atoms with E-state index in [1.807, 2.05) is 0 Å². The van der Waals surface area contributed by atoms with Crippen LogP contribution >= 0.6 is 0 Å². The standard InChI is InChI=1S/C48H35NO/c1-48(2,3)44-18-10-16-38-39-17-11-19-45(47(39)50-46(38)44)49(36-14-8-5-9-15-36)37-23-22-33-27-41-40-26-32-21-20-31(30-12-6-4-7-13-30)24-34(32)28-42(40)43(41)29-35(33)25-37/h4-29H,1-3H3. The normalized spacial score (nSPS) is 12.3. The summed E-state index contributed by atoms with van der Waals surface area (Å²) in [7, 11) is 0. The molecular weight excluding hydrogens is 607 g/mol. The van der Waals surface area contributed by atoms with Crippen molar-refractivity contribution in [3.8, 4) is 33.4 Å². The molecule has 0 atom stereocenters. The second-order valence-electron chi connectivity index (χ2n) is 14.6. The molecule has 0 amide bonds. The first-order chi connectivity index (χ1) is 24.4. The van der Waals surface area contributed by atoms with Crippen LogP contribution in [0.1, 0.15) is 26.3 Å². The minimum atomic E-state index is -0.0400. The number of rotatable bonds is 4. The molecule has 0 spiro atoms. The van der Waals surface area contributed by atoms with Gasteiger partial charge in [-0.2, -0.15) is 0 Å². The molecule has 50 heavy (non-hydrogen) atoms. The molecule has 1 aromatic heterocycles. The Morgan fingerprint density at radius 3 is 1.68 bits per heavy atom. The van der Waals surface area contributed by atoms with Crippen LogP contribution in [0.4, 0.5) is 17.1 Å². The lowest BCUT2D eigenvalue weighted by molar-refractivity contribution is 0.573. The zero-order valence-corrected chi connectivity index (χ0v) is 28.4. The highest BCUT2D eigenvalue weighted by Crippen LogP contribution is 2.51. The van der Waals surface area contributed by atoms with E-state index in [2.05, 4.69) is 183 Å². The number of anilines is 3. The Balaban J connectivity index is 1.12. The minimum Gasteiger partial charge on any atom is -0.454 e. The molecule has 1 aliphatic carbocycles. The van der Waals surface area contributed by atoms with Crippen LogP contribution in [0.25, 0.3) is 76.9 Å². The summed E-state index contributed by atoms with van der Waals surface area (Å²) in [5.41, 5.74) is 14.1. The first-order valence-corrected chi connectivity index (χ1v) is 17.4. The van der Waals surface area contributed by atoms with Gasteiger partial charge in [0.25, 0.3) is 0 Å². The van der Waals surface area contributed by atoms with E-state index in [1.54, 1.807) is 0 Å². The summed E-state index contributed by atoms with van der Waals surface area (Å²) in [6.45, 7) is 6.75. The molecular formula is C48H35NO. The molecule has 238 valence electrons. The minimum absolute atomic E-state index is 0.0400. The number of hydrogen-bond acceptors (Lipinski definition) is 2. The van der Waals surface area contributed by atoms with Crippen LogP contribution in [-0.2, 0) is 5.41 Å². The van der Waals surface area contributed by atoms with Gasteiger partial charge >= 0.3 is 0 Å². The summed E-state index contributed by atoms with van der Waals surface area (Å²) in [5.74, 6) is 0. The highest BCUT2D eigenvalue weighted by atomic mass is 16.3. The van der Waals surface area contributed by atoms with E-state index in [9.17, 15) is 0 Å². The van der Waals surface area contributed by atoms with Crippen LogP contribution in [-0.4, -0.2) is 0 Å². The number of furan rings is 1. The predicted octanol–water partition coefficient (Wildman–Crippen LogP) is 14.0. The molecule has 2 nitrogen and oxygen atoms in total. The number of nitrogens with zero attached hydrogens (tertiary/aromatic N) is 1. The molecule has 0 aliphatic heterocycles. The monoisotopic (exact) mass is 641 g/mol. The van der Waals surface area contributed by atoms with Crippen LogP contribution in [0.15, 0.2) is 162 Å². The predicted molar refractivity (Wildman–Crippen MR) is 212 cm³/mol. The van der Waals surface area contributed by atoms with Gasteiger partial charge in [0.2, 0.25) is 0 Å². The van der Waals surface area contributed by atoms with Crippen molar-refractivity contribution in [1.29, 1.82) is 0 Å². The van der Waals surface area contributed by atoms with Crippen LogP contribution in [0.2, 0.25) is 0 Å². The summed E-state index contributed by atoms with van der Waals surface area (Å²) < 4.78 is 6.87. The van der Waals surface area contributed by atoms with Crippen molar-refractivity contribution in [2.75, 3.05) is 4.90 Å². The van der Waals surface area contributed by atoms with Gasteiger partial charge in [-0.3, -0.25) is 0 Å². The van der Waals surface area contributed by atoms with Crippen molar-refractivity contribution in [3.63, 3.8) is 0 Å². The smallest absolute Gasteiger partial charge is 0.159 e. The lowest BCUT2D eigenvalue weighted by Gasteiger charge is -2.28. The van der Waals surface area contributed by atoms with Gasteiger partial charge in [-0.15, -0.1) is 0 Å². The van der Waals surface area contributed by atoms with Gasteiger partial charge in [-0.05, 0) is 121 Å². The van der Waals surface area contributed by atoms with Crippen LogP contribution in [0, 0.1) is 0 Å². The SMILES string of the molecule is CC(C)(C)c1cccc2c1oc1c(N(c3ccccc3)c3ccc4cc5c(cc4c3)-c3cc4cc(-c6ccccc6)ccc4cc3-5)cccc12. The van der Waals surface area contributed by atoms with Gasteiger partial charge < -0.3 is 9.32 Å². The maximum Gasteiger partial charge on any atom is 0.159 e. The van der Waals surface area contributed by atoms with Crippen LogP contribution in [0.3, 0.4) is 0 Å². The highest BCUT2D eigenvalue weighted by molar-refractivity contribution is 6.14. The maximum absolute atomic E-state index is 6.87. The Morgan fingerprint density at radius 1 is 0.420 bits per heavy atom. The van der Waals surface area contributed by atoms with Gasteiger partial charge in [0, 0.05) is 27.7 Å². The fourth-order valence-electron chi connectivity index (χ4n) is 7.94. The van der Waals surface area contributed by atoms with E-state index in [0.717, 1.165) is 39.0 Å². The Labute approximate surface area is 291 Å². The fraction of sp³-hybridized carbons (Fsp3) is 0.0833. The van der Waals surface area contributed by atoms with Crippen molar-refractivity contribution in [2.24, 2.45) is 0 Å². The Hall–Kier alpha value is -6.12. The van der Waals surface area contributed by atoms with Crippen LogP contribution < -0.4 is 4.90 Å². The van der Waals surface area contributed by atoms with E-state index < -0.39 is 0 Å². The molecule has 0 saturated heterocycles. The molecule has 0 fully saturated rings.